The first-order valence-corrected chi connectivity index (χ1v) is 7.48. The van der Waals surface area contributed by atoms with Crippen LogP contribution in [0.3, 0.4) is 0 Å². The van der Waals surface area contributed by atoms with E-state index in [-0.39, 0.29) is 30.3 Å². The summed E-state index contributed by atoms with van der Waals surface area (Å²) < 4.78 is 31.4. The summed E-state index contributed by atoms with van der Waals surface area (Å²) in [5, 5.41) is 9.00. The molecule has 0 aliphatic rings. The van der Waals surface area contributed by atoms with Crippen LogP contribution in [0.5, 0.6) is 5.75 Å². The summed E-state index contributed by atoms with van der Waals surface area (Å²) in [5.74, 6) is 0.226. The lowest BCUT2D eigenvalue weighted by atomic mass is 10.2. The smallest absolute Gasteiger partial charge is 0.247 e. The Balaban J connectivity index is 3.39. The van der Waals surface area contributed by atoms with Gasteiger partial charge in [-0.3, -0.25) is 0 Å². The molecule has 20 heavy (non-hydrogen) atoms. The molecule has 0 fully saturated rings. The van der Waals surface area contributed by atoms with Crippen molar-refractivity contribution in [1.29, 1.82) is 0 Å². The van der Waals surface area contributed by atoms with Crippen LogP contribution in [0.25, 0.3) is 0 Å². The van der Waals surface area contributed by atoms with Crippen molar-refractivity contribution in [2.45, 2.75) is 11.8 Å². The van der Waals surface area contributed by atoms with Crippen LogP contribution in [0.15, 0.2) is 29.7 Å². The number of nitrogens with zero attached hydrogens (tertiary/aromatic N) is 1. The molecule has 0 radical (unpaired) electrons. The van der Waals surface area contributed by atoms with Gasteiger partial charge in [0.25, 0.3) is 0 Å². The Bertz CT molecular complexity index is 584. The van der Waals surface area contributed by atoms with Crippen molar-refractivity contribution >= 4 is 15.7 Å². The highest BCUT2D eigenvalue weighted by Crippen LogP contribution is 2.31. The molecule has 0 saturated carbocycles. The Hall–Kier alpha value is -1.57. The standard InChI is InChI=1S/C13H20N2O4S/c1-4-5-15(6-7-16)20(17,18)13-9-11(14)10(2)8-12(13)19-3/h4,8-9,16H,1,5-7,14H2,2-3H3. The molecular weight excluding hydrogens is 280 g/mol. The van der Waals surface area contributed by atoms with Crippen LogP contribution in [0.4, 0.5) is 5.69 Å². The molecule has 3 N–H and O–H groups in total. The van der Waals surface area contributed by atoms with Crippen molar-refractivity contribution in [2.75, 3.05) is 32.5 Å². The molecule has 0 amide bonds. The number of nitrogen functional groups attached to an aromatic ring is 1. The second-order valence-electron chi connectivity index (χ2n) is 4.23. The predicted molar refractivity (Wildman–Crippen MR) is 78.2 cm³/mol. The molecule has 0 heterocycles. The maximum absolute atomic E-state index is 12.6. The van der Waals surface area contributed by atoms with E-state index in [0.717, 1.165) is 9.87 Å². The molecule has 112 valence electrons. The van der Waals surface area contributed by atoms with Gasteiger partial charge in [0.05, 0.1) is 13.7 Å². The van der Waals surface area contributed by atoms with Crippen LogP contribution >= 0.6 is 0 Å². The average molecular weight is 300 g/mol. The molecule has 0 saturated heterocycles. The molecule has 0 aliphatic heterocycles. The first kappa shape index (κ1) is 16.5. The van der Waals surface area contributed by atoms with E-state index in [4.69, 9.17) is 15.6 Å². The third kappa shape index (κ3) is 3.30. The Morgan fingerprint density at radius 1 is 1.50 bits per heavy atom. The minimum atomic E-state index is -3.81. The quantitative estimate of drug-likeness (QED) is 0.573. The first-order valence-electron chi connectivity index (χ1n) is 6.04. The van der Waals surface area contributed by atoms with E-state index in [2.05, 4.69) is 6.58 Å². The van der Waals surface area contributed by atoms with Gasteiger partial charge in [0.2, 0.25) is 10.0 Å². The molecule has 1 aromatic carbocycles. The lowest BCUT2D eigenvalue weighted by Crippen LogP contribution is -2.34. The summed E-state index contributed by atoms with van der Waals surface area (Å²) in [4.78, 5) is -0.0154. The largest absolute Gasteiger partial charge is 0.495 e. The summed E-state index contributed by atoms with van der Waals surface area (Å²) in [6.45, 7) is 5.08. The van der Waals surface area contributed by atoms with Gasteiger partial charge in [-0.1, -0.05) is 6.08 Å². The van der Waals surface area contributed by atoms with Gasteiger partial charge in [-0.05, 0) is 24.6 Å². The topological polar surface area (TPSA) is 92.9 Å². The zero-order valence-electron chi connectivity index (χ0n) is 11.7. The van der Waals surface area contributed by atoms with Gasteiger partial charge < -0.3 is 15.6 Å². The fraction of sp³-hybridized carbons (Fsp3) is 0.385. The lowest BCUT2D eigenvalue weighted by molar-refractivity contribution is 0.260. The number of anilines is 1. The molecule has 1 rings (SSSR count). The molecule has 0 spiro atoms. The number of nitrogens with two attached hydrogens (primary N) is 1. The van der Waals surface area contributed by atoms with Crippen molar-refractivity contribution < 1.29 is 18.3 Å². The fourth-order valence-electron chi connectivity index (χ4n) is 1.74. The number of aliphatic hydroxyl groups is 1. The zero-order valence-corrected chi connectivity index (χ0v) is 12.5. The highest BCUT2D eigenvalue weighted by Gasteiger charge is 2.27. The van der Waals surface area contributed by atoms with Crippen LogP contribution in [0, 0.1) is 6.92 Å². The zero-order chi connectivity index (χ0) is 15.3. The Morgan fingerprint density at radius 2 is 2.15 bits per heavy atom. The number of aryl methyl sites for hydroxylation is 1. The maximum atomic E-state index is 12.6. The predicted octanol–water partition coefficient (Wildman–Crippen LogP) is 0.755. The third-order valence-electron chi connectivity index (χ3n) is 2.85. The molecule has 6 nitrogen and oxygen atoms in total. The molecule has 0 aliphatic carbocycles. The molecule has 7 heteroatoms. The maximum Gasteiger partial charge on any atom is 0.247 e. The number of ether oxygens (including phenoxy) is 1. The van der Waals surface area contributed by atoms with E-state index < -0.39 is 10.0 Å². The van der Waals surface area contributed by atoms with Gasteiger partial charge in [-0.2, -0.15) is 4.31 Å². The minimum absolute atomic E-state index is 0.0154. The van der Waals surface area contributed by atoms with E-state index >= 15 is 0 Å². The van der Waals surface area contributed by atoms with Crippen LogP contribution in [-0.2, 0) is 10.0 Å². The molecular formula is C13H20N2O4S. The number of methoxy groups -OCH3 is 1. The molecule has 1 aromatic rings. The Labute approximate surface area is 119 Å². The monoisotopic (exact) mass is 300 g/mol. The van der Waals surface area contributed by atoms with Crippen molar-refractivity contribution in [2.24, 2.45) is 0 Å². The first-order chi connectivity index (χ1) is 9.38. The number of sulfonamides is 1. The molecule has 0 unspecified atom stereocenters. The second-order valence-corrected chi connectivity index (χ2v) is 6.14. The van der Waals surface area contributed by atoms with Gasteiger partial charge in [0.15, 0.2) is 0 Å². The summed E-state index contributed by atoms with van der Waals surface area (Å²) in [6.07, 6.45) is 1.46. The van der Waals surface area contributed by atoms with Gasteiger partial charge in [-0.25, -0.2) is 8.42 Å². The molecule has 0 bridgehead atoms. The average Bonchev–Trinajstić information content (AvgIpc) is 2.41. The van der Waals surface area contributed by atoms with E-state index in [0.29, 0.717) is 5.69 Å². The van der Waals surface area contributed by atoms with Crippen LogP contribution in [0.2, 0.25) is 0 Å². The number of benzene rings is 1. The van der Waals surface area contributed by atoms with Gasteiger partial charge in [0, 0.05) is 18.8 Å². The van der Waals surface area contributed by atoms with Crippen LogP contribution in [-0.4, -0.2) is 44.6 Å². The molecule has 0 atom stereocenters. The Morgan fingerprint density at radius 3 is 2.65 bits per heavy atom. The van der Waals surface area contributed by atoms with Crippen LogP contribution in [0.1, 0.15) is 5.56 Å². The van der Waals surface area contributed by atoms with Crippen molar-refractivity contribution in [3.8, 4) is 5.75 Å². The third-order valence-corrected chi connectivity index (χ3v) is 4.74. The second kappa shape index (κ2) is 6.74. The molecule has 0 aromatic heterocycles. The van der Waals surface area contributed by atoms with Gasteiger partial charge >= 0.3 is 0 Å². The number of hydrogen-bond donors (Lipinski definition) is 2. The van der Waals surface area contributed by atoms with E-state index in [1.54, 1.807) is 13.0 Å². The van der Waals surface area contributed by atoms with Crippen LogP contribution < -0.4 is 10.5 Å². The minimum Gasteiger partial charge on any atom is -0.495 e. The fourth-order valence-corrected chi connectivity index (χ4v) is 3.32. The lowest BCUT2D eigenvalue weighted by Gasteiger charge is -2.21. The Kier molecular flexibility index (Phi) is 5.55. The number of rotatable bonds is 7. The highest BCUT2D eigenvalue weighted by atomic mass is 32.2. The van der Waals surface area contributed by atoms with E-state index in [1.165, 1.54) is 19.3 Å². The SMILES string of the molecule is C=CCN(CCO)S(=O)(=O)c1cc(N)c(C)cc1OC. The summed E-state index contributed by atoms with van der Waals surface area (Å²) in [5.41, 5.74) is 6.88. The summed E-state index contributed by atoms with van der Waals surface area (Å²) in [7, 11) is -2.41. The van der Waals surface area contributed by atoms with Crippen molar-refractivity contribution in [3.63, 3.8) is 0 Å². The van der Waals surface area contributed by atoms with Crippen molar-refractivity contribution in [3.05, 3.63) is 30.4 Å². The van der Waals surface area contributed by atoms with Gasteiger partial charge in [0.1, 0.15) is 10.6 Å². The summed E-state index contributed by atoms with van der Waals surface area (Å²) >= 11 is 0. The summed E-state index contributed by atoms with van der Waals surface area (Å²) in [6, 6.07) is 2.95. The van der Waals surface area contributed by atoms with Crippen molar-refractivity contribution in [1.82, 2.24) is 4.31 Å². The van der Waals surface area contributed by atoms with E-state index in [9.17, 15) is 8.42 Å². The van der Waals surface area contributed by atoms with Gasteiger partial charge in [-0.15, -0.1) is 6.58 Å². The number of aliphatic hydroxyl groups excluding tert-OH is 1. The highest BCUT2D eigenvalue weighted by molar-refractivity contribution is 7.89. The number of hydrogen-bond acceptors (Lipinski definition) is 5. The normalized spacial score (nSPS) is 11.6. The van der Waals surface area contributed by atoms with E-state index in [1.807, 2.05) is 0 Å².